The van der Waals surface area contributed by atoms with E-state index >= 15 is 0 Å². The Morgan fingerprint density at radius 3 is 2.67 bits per heavy atom. The highest BCUT2D eigenvalue weighted by Gasteiger charge is 2.27. The quantitative estimate of drug-likeness (QED) is 0.792. The summed E-state index contributed by atoms with van der Waals surface area (Å²) in [6.45, 7) is 5.99. The molecule has 2 fully saturated rings. The lowest BCUT2D eigenvalue weighted by atomic mass is 9.96. The Balaban J connectivity index is 1.18. The van der Waals surface area contributed by atoms with Gasteiger partial charge in [-0.3, -0.25) is 4.79 Å². The first-order valence-corrected chi connectivity index (χ1v) is 10.4. The number of oxazole rings is 1. The minimum atomic E-state index is 0.112. The second-order valence-corrected chi connectivity index (χ2v) is 7.77. The van der Waals surface area contributed by atoms with E-state index in [4.69, 9.17) is 4.42 Å². The van der Waals surface area contributed by atoms with Crippen molar-refractivity contribution in [3.63, 3.8) is 0 Å². The third-order valence-corrected chi connectivity index (χ3v) is 5.82. The summed E-state index contributed by atoms with van der Waals surface area (Å²) in [7, 11) is 0. The van der Waals surface area contributed by atoms with Gasteiger partial charge in [0.2, 0.25) is 5.91 Å². The van der Waals surface area contributed by atoms with Gasteiger partial charge in [-0.25, -0.2) is 0 Å². The lowest BCUT2D eigenvalue weighted by molar-refractivity contribution is -0.125. The highest BCUT2D eigenvalue weighted by Crippen LogP contribution is 2.26. The van der Waals surface area contributed by atoms with Crippen LogP contribution in [0, 0.1) is 5.92 Å². The number of hydrogen-bond donors (Lipinski definition) is 1. The molecule has 1 aromatic carbocycles. The molecule has 0 aliphatic carbocycles. The molecule has 2 aliphatic rings. The molecule has 0 bridgehead atoms. The number of fused-ring (bicyclic) bond motifs is 1. The number of nitrogens with one attached hydrogen (secondary N) is 1. The third kappa shape index (κ3) is 4.61. The number of hydrogen-bond acceptors (Lipinski definition) is 5. The van der Waals surface area contributed by atoms with E-state index in [1.54, 1.807) is 0 Å². The first-order valence-electron chi connectivity index (χ1n) is 10.4. The van der Waals surface area contributed by atoms with E-state index in [9.17, 15) is 4.79 Å². The van der Waals surface area contributed by atoms with Crippen LogP contribution in [0.3, 0.4) is 0 Å². The van der Waals surface area contributed by atoms with Crippen molar-refractivity contribution in [3.8, 4) is 0 Å². The lowest BCUT2D eigenvalue weighted by Gasteiger charge is -2.30. The normalized spacial score (nSPS) is 19.5. The number of benzene rings is 1. The van der Waals surface area contributed by atoms with Crippen LogP contribution in [0.4, 0.5) is 6.01 Å². The van der Waals surface area contributed by atoms with E-state index in [2.05, 4.69) is 20.1 Å². The van der Waals surface area contributed by atoms with Crippen LogP contribution in [0.25, 0.3) is 11.1 Å². The Labute approximate surface area is 160 Å². The smallest absolute Gasteiger partial charge is 0.298 e. The molecule has 2 aliphatic heterocycles. The van der Waals surface area contributed by atoms with Gasteiger partial charge in [0.1, 0.15) is 5.52 Å². The first-order chi connectivity index (χ1) is 13.3. The van der Waals surface area contributed by atoms with Gasteiger partial charge in [0.15, 0.2) is 5.58 Å². The van der Waals surface area contributed by atoms with Crippen LogP contribution in [0.1, 0.15) is 38.5 Å². The fraction of sp³-hybridized carbons (Fsp3) is 0.619. The minimum Gasteiger partial charge on any atom is -0.423 e. The monoisotopic (exact) mass is 370 g/mol. The van der Waals surface area contributed by atoms with Gasteiger partial charge >= 0.3 is 0 Å². The highest BCUT2D eigenvalue weighted by atomic mass is 16.4. The molecular formula is C21H30N4O2. The zero-order valence-corrected chi connectivity index (χ0v) is 16.0. The number of likely N-dealkylation sites (tertiary alicyclic amines) is 1. The van der Waals surface area contributed by atoms with Crippen molar-refractivity contribution in [3.05, 3.63) is 24.3 Å². The molecule has 1 aromatic heterocycles. The molecule has 0 spiro atoms. The van der Waals surface area contributed by atoms with Gasteiger partial charge in [0.25, 0.3) is 6.01 Å². The summed E-state index contributed by atoms with van der Waals surface area (Å²) in [4.78, 5) is 21.7. The van der Waals surface area contributed by atoms with Crippen LogP contribution < -0.4 is 10.2 Å². The predicted molar refractivity (Wildman–Crippen MR) is 107 cm³/mol. The lowest BCUT2D eigenvalue weighted by Crippen LogP contribution is -2.41. The van der Waals surface area contributed by atoms with Crippen molar-refractivity contribution < 1.29 is 9.21 Å². The summed E-state index contributed by atoms with van der Waals surface area (Å²) >= 11 is 0. The zero-order valence-electron chi connectivity index (χ0n) is 16.0. The molecule has 0 unspecified atom stereocenters. The molecule has 4 rings (SSSR count). The molecule has 1 N–H and O–H groups in total. The summed E-state index contributed by atoms with van der Waals surface area (Å²) < 4.78 is 5.85. The molecule has 0 atom stereocenters. The molecule has 3 heterocycles. The van der Waals surface area contributed by atoms with E-state index in [0.29, 0.717) is 6.01 Å². The first kappa shape index (κ1) is 18.3. The Morgan fingerprint density at radius 2 is 1.89 bits per heavy atom. The van der Waals surface area contributed by atoms with Gasteiger partial charge in [-0.05, 0) is 63.9 Å². The van der Waals surface area contributed by atoms with Crippen molar-refractivity contribution in [1.29, 1.82) is 0 Å². The molecule has 6 heteroatoms. The largest absolute Gasteiger partial charge is 0.423 e. The fourth-order valence-corrected chi connectivity index (χ4v) is 4.17. The number of aromatic nitrogens is 1. The molecule has 2 saturated heterocycles. The van der Waals surface area contributed by atoms with Gasteiger partial charge < -0.3 is 19.5 Å². The maximum atomic E-state index is 12.5. The number of piperidine rings is 2. The SMILES string of the molecule is O=C(NCCCN1CCCCC1)C1CCN(c2nc3ccccc3o2)CC1. The Bertz CT molecular complexity index is 712. The molecule has 146 valence electrons. The van der Waals surface area contributed by atoms with E-state index in [1.165, 1.54) is 32.4 Å². The Kier molecular flexibility index (Phi) is 5.92. The van der Waals surface area contributed by atoms with Crippen molar-refractivity contribution >= 4 is 23.0 Å². The van der Waals surface area contributed by atoms with Crippen LogP contribution >= 0.6 is 0 Å². The predicted octanol–water partition coefficient (Wildman–Crippen LogP) is 3.04. The fourth-order valence-electron chi connectivity index (χ4n) is 4.17. The van der Waals surface area contributed by atoms with Crippen LogP contribution in [0.5, 0.6) is 0 Å². The van der Waals surface area contributed by atoms with Crippen molar-refractivity contribution in [2.75, 3.05) is 44.2 Å². The molecule has 1 amide bonds. The molecule has 0 saturated carbocycles. The van der Waals surface area contributed by atoms with E-state index in [1.807, 2.05) is 24.3 Å². The minimum absolute atomic E-state index is 0.112. The summed E-state index contributed by atoms with van der Waals surface area (Å²) in [6.07, 6.45) is 6.78. The van der Waals surface area contributed by atoms with Crippen LogP contribution in [-0.2, 0) is 4.79 Å². The second kappa shape index (κ2) is 8.74. The number of carbonyl (C=O) groups is 1. The molecule has 0 radical (unpaired) electrons. The summed E-state index contributed by atoms with van der Waals surface area (Å²) in [5, 5.41) is 3.14. The van der Waals surface area contributed by atoms with Crippen molar-refractivity contribution in [1.82, 2.24) is 15.2 Å². The molecular weight excluding hydrogens is 340 g/mol. The Morgan fingerprint density at radius 1 is 1.11 bits per heavy atom. The number of anilines is 1. The van der Waals surface area contributed by atoms with Gasteiger partial charge in [-0.15, -0.1) is 0 Å². The van der Waals surface area contributed by atoms with Crippen LogP contribution in [0.2, 0.25) is 0 Å². The number of rotatable bonds is 6. The van der Waals surface area contributed by atoms with E-state index < -0.39 is 0 Å². The standard InChI is InChI=1S/C21H30N4O2/c26-20(22-11-6-14-24-12-4-1-5-13-24)17-9-15-25(16-10-17)21-23-18-7-2-3-8-19(18)27-21/h2-3,7-8,17H,1,4-6,9-16H2,(H,22,26). The van der Waals surface area contributed by atoms with Crippen LogP contribution in [-0.4, -0.2) is 55.1 Å². The third-order valence-electron chi connectivity index (χ3n) is 5.82. The number of nitrogens with zero attached hydrogens (tertiary/aromatic N) is 3. The summed E-state index contributed by atoms with van der Waals surface area (Å²) in [6, 6.07) is 8.51. The van der Waals surface area contributed by atoms with Gasteiger partial charge in [0.05, 0.1) is 0 Å². The topological polar surface area (TPSA) is 61.6 Å². The van der Waals surface area contributed by atoms with Crippen molar-refractivity contribution in [2.24, 2.45) is 5.92 Å². The maximum absolute atomic E-state index is 12.5. The highest BCUT2D eigenvalue weighted by molar-refractivity contribution is 5.79. The second-order valence-electron chi connectivity index (χ2n) is 7.77. The number of carbonyl (C=O) groups excluding carboxylic acids is 1. The van der Waals surface area contributed by atoms with E-state index in [-0.39, 0.29) is 11.8 Å². The van der Waals surface area contributed by atoms with E-state index in [0.717, 1.165) is 56.5 Å². The van der Waals surface area contributed by atoms with Gasteiger partial charge in [0, 0.05) is 25.6 Å². The average Bonchev–Trinajstić information content (AvgIpc) is 3.16. The maximum Gasteiger partial charge on any atom is 0.298 e. The zero-order chi connectivity index (χ0) is 18.5. The molecule has 2 aromatic rings. The van der Waals surface area contributed by atoms with Gasteiger partial charge in [-0.1, -0.05) is 18.6 Å². The Hall–Kier alpha value is -2.08. The van der Waals surface area contributed by atoms with Crippen LogP contribution in [0.15, 0.2) is 28.7 Å². The number of amides is 1. The van der Waals surface area contributed by atoms with Gasteiger partial charge in [-0.2, -0.15) is 4.98 Å². The summed E-state index contributed by atoms with van der Waals surface area (Å²) in [5.74, 6) is 0.325. The summed E-state index contributed by atoms with van der Waals surface area (Å²) in [5.41, 5.74) is 1.71. The molecule has 6 nitrogen and oxygen atoms in total. The number of para-hydroxylation sites is 2. The van der Waals surface area contributed by atoms with Crippen molar-refractivity contribution in [2.45, 2.75) is 38.5 Å². The molecule has 27 heavy (non-hydrogen) atoms. The average molecular weight is 370 g/mol.